The number of hydrogen-bond donors (Lipinski definition) is 0. The van der Waals surface area contributed by atoms with Crippen molar-refractivity contribution in [3.05, 3.63) is 70.2 Å². The third-order valence-corrected chi connectivity index (χ3v) is 4.76. The summed E-state index contributed by atoms with van der Waals surface area (Å²) in [5.74, 6) is 0. The third kappa shape index (κ3) is 2.43. The maximum atomic E-state index is 5.97. The number of hydrogen-bond acceptors (Lipinski definition) is 2. The van der Waals surface area contributed by atoms with Gasteiger partial charge in [0.15, 0.2) is 0 Å². The second-order valence-electron chi connectivity index (χ2n) is 4.42. The minimum atomic E-state index is 0.332. The van der Waals surface area contributed by atoms with Crippen LogP contribution in [-0.2, 0) is 0 Å². The molecule has 0 aliphatic carbocycles. The second-order valence-corrected chi connectivity index (χ2v) is 5.95. The fourth-order valence-corrected chi connectivity index (χ4v) is 3.80. The number of nitrogens with zero attached hydrogens (tertiary/aromatic N) is 1. The Morgan fingerprint density at radius 2 is 1.84 bits per heavy atom. The summed E-state index contributed by atoms with van der Waals surface area (Å²) in [6, 6.07) is 16.6. The zero-order chi connectivity index (χ0) is 13.2. The molecular weight excluding hydrogens is 274 g/mol. The Hall–Kier alpha value is -1.25. The molecule has 2 aromatic rings. The zero-order valence-corrected chi connectivity index (χ0v) is 12.2. The van der Waals surface area contributed by atoms with Crippen LogP contribution in [0.2, 0.25) is 5.02 Å². The van der Waals surface area contributed by atoms with Crippen molar-refractivity contribution in [1.29, 1.82) is 0 Å². The van der Waals surface area contributed by atoms with Gasteiger partial charge in [0.25, 0.3) is 0 Å². The summed E-state index contributed by atoms with van der Waals surface area (Å²) in [5.41, 5.74) is 3.90. The van der Waals surface area contributed by atoms with Crippen LogP contribution in [0.15, 0.2) is 53.5 Å². The third-order valence-electron chi connectivity index (χ3n) is 3.18. The van der Waals surface area contributed by atoms with Crippen LogP contribution in [0.4, 0.5) is 0 Å². The van der Waals surface area contributed by atoms with E-state index in [1.807, 2.05) is 23.9 Å². The van der Waals surface area contributed by atoms with E-state index in [0.717, 1.165) is 16.6 Å². The van der Waals surface area contributed by atoms with Crippen molar-refractivity contribution in [1.82, 2.24) is 0 Å². The summed E-state index contributed by atoms with van der Waals surface area (Å²) in [6.45, 7) is 2.90. The molecule has 96 valence electrons. The first-order valence-electron chi connectivity index (χ1n) is 6.35. The summed E-state index contributed by atoms with van der Waals surface area (Å²) >= 11 is 7.80. The van der Waals surface area contributed by atoms with Gasteiger partial charge in [-0.3, -0.25) is 4.99 Å². The predicted molar refractivity (Wildman–Crippen MR) is 84.4 cm³/mol. The van der Waals surface area contributed by atoms with Crippen molar-refractivity contribution in [2.45, 2.75) is 12.2 Å². The molecule has 1 aliphatic rings. The van der Waals surface area contributed by atoms with Gasteiger partial charge in [-0.05, 0) is 30.2 Å². The molecule has 0 aromatic heterocycles. The van der Waals surface area contributed by atoms with Crippen LogP contribution in [0.5, 0.6) is 0 Å². The van der Waals surface area contributed by atoms with Gasteiger partial charge in [0.05, 0.1) is 10.3 Å². The second kappa shape index (κ2) is 5.40. The van der Waals surface area contributed by atoms with Crippen LogP contribution >= 0.6 is 23.4 Å². The molecule has 0 spiro atoms. The zero-order valence-electron chi connectivity index (χ0n) is 10.6. The van der Waals surface area contributed by atoms with Crippen LogP contribution < -0.4 is 0 Å². The molecule has 1 atom stereocenters. The van der Waals surface area contributed by atoms with E-state index >= 15 is 0 Å². The standard InChI is InChI=1S/C16H14ClNS/c1-2-18-16-14-6-4-3-5-13(14)15(19-16)11-7-9-12(17)10-8-11/h3-10,15H,2H2,1H3. The monoisotopic (exact) mass is 287 g/mol. The van der Waals surface area contributed by atoms with Gasteiger partial charge in [-0.2, -0.15) is 0 Å². The molecule has 0 saturated heterocycles. The fourth-order valence-electron chi connectivity index (χ4n) is 2.31. The number of aliphatic imine (C=N–C) groups is 1. The number of fused-ring (bicyclic) bond motifs is 1. The molecule has 2 aromatic carbocycles. The van der Waals surface area contributed by atoms with E-state index < -0.39 is 0 Å². The van der Waals surface area contributed by atoms with E-state index in [4.69, 9.17) is 11.6 Å². The quantitative estimate of drug-likeness (QED) is 0.762. The van der Waals surface area contributed by atoms with Gasteiger partial charge in [-0.15, -0.1) is 0 Å². The molecule has 0 radical (unpaired) electrons. The lowest BCUT2D eigenvalue weighted by Gasteiger charge is -2.10. The highest BCUT2D eigenvalue weighted by atomic mass is 35.5. The smallest absolute Gasteiger partial charge is 0.0989 e. The van der Waals surface area contributed by atoms with E-state index in [9.17, 15) is 0 Å². The van der Waals surface area contributed by atoms with Crippen molar-refractivity contribution in [3.63, 3.8) is 0 Å². The minimum absolute atomic E-state index is 0.332. The highest BCUT2D eigenvalue weighted by Crippen LogP contribution is 2.46. The van der Waals surface area contributed by atoms with Gasteiger partial charge in [0, 0.05) is 17.1 Å². The number of thioether (sulfide) groups is 1. The normalized spacial score (nSPS) is 19.7. The molecule has 0 saturated carbocycles. The molecule has 19 heavy (non-hydrogen) atoms. The van der Waals surface area contributed by atoms with Crippen molar-refractivity contribution in [2.75, 3.05) is 6.54 Å². The van der Waals surface area contributed by atoms with Gasteiger partial charge in [0.2, 0.25) is 0 Å². The lowest BCUT2D eigenvalue weighted by atomic mass is 10.0. The van der Waals surface area contributed by atoms with Crippen LogP contribution in [0.3, 0.4) is 0 Å². The highest BCUT2D eigenvalue weighted by molar-refractivity contribution is 8.15. The van der Waals surface area contributed by atoms with Crippen LogP contribution in [-0.4, -0.2) is 11.6 Å². The molecule has 0 N–H and O–H groups in total. The molecule has 0 fully saturated rings. The Bertz CT molecular complexity index is 619. The van der Waals surface area contributed by atoms with Crippen molar-refractivity contribution in [2.24, 2.45) is 4.99 Å². The average molecular weight is 288 g/mol. The average Bonchev–Trinajstić information content (AvgIpc) is 2.80. The van der Waals surface area contributed by atoms with Gasteiger partial charge >= 0.3 is 0 Å². The largest absolute Gasteiger partial charge is 0.278 e. The van der Waals surface area contributed by atoms with E-state index in [1.165, 1.54) is 16.7 Å². The lowest BCUT2D eigenvalue weighted by molar-refractivity contribution is 1.14. The molecule has 1 aliphatic heterocycles. The summed E-state index contributed by atoms with van der Waals surface area (Å²) in [7, 11) is 0. The fraction of sp³-hybridized carbons (Fsp3) is 0.188. The lowest BCUT2D eigenvalue weighted by Crippen LogP contribution is -1.92. The molecule has 3 heteroatoms. The first kappa shape index (κ1) is 12.8. The Morgan fingerprint density at radius 1 is 1.11 bits per heavy atom. The van der Waals surface area contributed by atoms with Crippen LogP contribution in [0.1, 0.15) is 28.9 Å². The molecule has 1 nitrogen and oxygen atoms in total. The van der Waals surface area contributed by atoms with E-state index in [1.54, 1.807) is 0 Å². The van der Waals surface area contributed by atoms with Crippen LogP contribution in [0.25, 0.3) is 0 Å². The highest BCUT2D eigenvalue weighted by Gasteiger charge is 2.29. The van der Waals surface area contributed by atoms with Gasteiger partial charge in [-0.1, -0.05) is 59.8 Å². The summed E-state index contributed by atoms with van der Waals surface area (Å²) in [4.78, 5) is 4.61. The Balaban J connectivity index is 2.05. The van der Waals surface area contributed by atoms with Gasteiger partial charge in [-0.25, -0.2) is 0 Å². The number of halogens is 1. The maximum Gasteiger partial charge on any atom is 0.0989 e. The topological polar surface area (TPSA) is 12.4 Å². The predicted octanol–water partition coefficient (Wildman–Crippen LogP) is 4.94. The molecule has 1 heterocycles. The number of rotatable bonds is 2. The van der Waals surface area contributed by atoms with Gasteiger partial charge in [0.1, 0.15) is 0 Å². The van der Waals surface area contributed by atoms with Crippen molar-refractivity contribution < 1.29 is 0 Å². The Morgan fingerprint density at radius 3 is 2.58 bits per heavy atom. The van der Waals surface area contributed by atoms with E-state index in [-0.39, 0.29) is 0 Å². The Kier molecular flexibility index (Phi) is 3.63. The first-order chi connectivity index (χ1) is 9.29. The molecular formula is C16H14ClNS. The molecule has 0 bridgehead atoms. The van der Waals surface area contributed by atoms with Crippen LogP contribution in [0, 0.1) is 0 Å². The summed E-state index contributed by atoms with van der Waals surface area (Å²) in [5, 5.41) is 2.26. The molecule has 1 unspecified atom stereocenters. The molecule has 0 amide bonds. The van der Waals surface area contributed by atoms with E-state index in [2.05, 4.69) is 48.3 Å². The first-order valence-corrected chi connectivity index (χ1v) is 7.61. The SMILES string of the molecule is CCN=C1SC(c2ccc(Cl)cc2)c2ccccc21. The van der Waals surface area contributed by atoms with Gasteiger partial charge < -0.3 is 0 Å². The van der Waals surface area contributed by atoms with Crippen molar-refractivity contribution in [3.8, 4) is 0 Å². The summed E-state index contributed by atoms with van der Waals surface area (Å²) < 4.78 is 0. The minimum Gasteiger partial charge on any atom is -0.278 e. The Labute approximate surface area is 122 Å². The van der Waals surface area contributed by atoms with E-state index in [0.29, 0.717) is 5.25 Å². The number of benzene rings is 2. The molecule has 3 rings (SSSR count). The van der Waals surface area contributed by atoms with Crippen molar-refractivity contribution >= 4 is 28.4 Å². The summed E-state index contributed by atoms with van der Waals surface area (Å²) in [6.07, 6.45) is 0. The maximum absolute atomic E-state index is 5.97.